The average molecular weight is 167 g/mol. The van der Waals surface area contributed by atoms with Gasteiger partial charge in [0.25, 0.3) is 6.01 Å². The van der Waals surface area contributed by atoms with Gasteiger partial charge in [-0.2, -0.15) is 0 Å². The number of nitrogens with two attached hydrogens (primary N) is 1. The summed E-state index contributed by atoms with van der Waals surface area (Å²) in [4.78, 5) is 4.27. The summed E-state index contributed by atoms with van der Waals surface area (Å²) >= 11 is 0. The fraction of sp³-hybridized carbons (Fsp3) is 0.625. The molecule has 0 fully saturated rings. The molecule has 2 N–H and O–H groups in total. The number of aryl methyl sites for hydroxylation is 1. The first-order valence-electron chi connectivity index (χ1n) is 4.15. The Morgan fingerprint density at radius 1 is 1.67 bits per heavy atom. The van der Waals surface area contributed by atoms with E-state index in [-0.39, 0.29) is 6.04 Å². The highest BCUT2D eigenvalue weighted by molar-refractivity contribution is 5.23. The highest BCUT2D eigenvalue weighted by Crippen LogP contribution is 2.25. The average Bonchev–Trinajstić information content (AvgIpc) is 2.44. The van der Waals surface area contributed by atoms with E-state index < -0.39 is 0 Å². The summed E-state index contributed by atoms with van der Waals surface area (Å²) in [6, 6.07) is 0.757. The van der Waals surface area contributed by atoms with Gasteiger partial charge in [-0.3, -0.25) is 4.57 Å². The standard InChI is InChI=1S/C8H13N3O/c1-5(9)7-6(2)10-8-11(7)3-4-12-8/h5H,3-4,9H2,1-2H3. The first kappa shape index (κ1) is 7.61. The first-order valence-corrected chi connectivity index (χ1v) is 4.15. The molecule has 66 valence electrons. The molecule has 1 unspecified atom stereocenters. The second kappa shape index (κ2) is 2.48. The van der Waals surface area contributed by atoms with Gasteiger partial charge in [0.2, 0.25) is 0 Å². The lowest BCUT2D eigenvalue weighted by Crippen LogP contribution is -2.12. The molecule has 4 nitrogen and oxygen atoms in total. The smallest absolute Gasteiger partial charge is 0.296 e. The van der Waals surface area contributed by atoms with E-state index in [1.54, 1.807) is 0 Å². The Morgan fingerprint density at radius 2 is 2.42 bits per heavy atom. The van der Waals surface area contributed by atoms with E-state index in [4.69, 9.17) is 10.5 Å². The lowest BCUT2D eigenvalue weighted by atomic mass is 10.2. The molecular formula is C8H13N3O. The van der Waals surface area contributed by atoms with Crippen LogP contribution in [0.25, 0.3) is 0 Å². The van der Waals surface area contributed by atoms with Crippen LogP contribution >= 0.6 is 0 Å². The molecule has 1 aliphatic rings. The molecule has 0 bridgehead atoms. The molecule has 1 aliphatic heterocycles. The number of rotatable bonds is 1. The number of hydrogen-bond donors (Lipinski definition) is 1. The lowest BCUT2D eigenvalue weighted by Gasteiger charge is -2.07. The van der Waals surface area contributed by atoms with Crippen LogP contribution in [0.15, 0.2) is 0 Å². The van der Waals surface area contributed by atoms with Gasteiger partial charge in [0.15, 0.2) is 0 Å². The van der Waals surface area contributed by atoms with E-state index in [9.17, 15) is 0 Å². The van der Waals surface area contributed by atoms with Crippen molar-refractivity contribution in [1.29, 1.82) is 0 Å². The quantitative estimate of drug-likeness (QED) is 0.666. The van der Waals surface area contributed by atoms with E-state index in [2.05, 4.69) is 9.55 Å². The molecule has 0 aliphatic carbocycles. The van der Waals surface area contributed by atoms with Crippen molar-refractivity contribution in [3.05, 3.63) is 11.4 Å². The molecule has 0 saturated carbocycles. The minimum Gasteiger partial charge on any atom is -0.463 e. The van der Waals surface area contributed by atoms with Gasteiger partial charge in [-0.05, 0) is 13.8 Å². The van der Waals surface area contributed by atoms with Crippen LogP contribution in [0.4, 0.5) is 0 Å². The van der Waals surface area contributed by atoms with E-state index in [0.717, 1.165) is 30.5 Å². The fourth-order valence-electron chi connectivity index (χ4n) is 1.69. The molecule has 1 aromatic heterocycles. The molecule has 1 aromatic rings. The number of fused-ring (bicyclic) bond motifs is 1. The van der Waals surface area contributed by atoms with Gasteiger partial charge < -0.3 is 10.5 Å². The predicted octanol–water partition coefficient (Wildman–Crippen LogP) is 0.604. The monoisotopic (exact) mass is 167 g/mol. The van der Waals surface area contributed by atoms with Gasteiger partial charge in [0.1, 0.15) is 6.61 Å². The molecule has 2 rings (SSSR count). The second-order valence-electron chi connectivity index (χ2n) is 3.15. The fourth-order valence-corrected chi connectivity index (χ4v) is 1.69. The highest BCUT2D eigenvalue weighted by Gasteiger charge is 2.21. The van der Waals surface area contributed by atoms with Gasteiger partial charge in [0.05, 0.1) is 17.9 Å². The summed E-state index contributed by atoms with van der Waals surface area (Å²) in [5, 5.41) is 0. The van der Waals surface area contributed by atoms with Crippen molar-refractivity contribution in [2.75, 3.05) is 6.61 Å². The van der Waals surface area contributed by atoms with Crippen molar-refractivity contribution in [2.24, 2.45) is 5.73 Å². The zero-order valence-electron chi connectivity index (χ0n) is 7.37. The number of nitrogens with zero attached hydrogens (tertiary/aromatic N) is 2. The van der Waals surface area contributed by atoms with Gasteiger partial charge in [-0.15, -0.1) is 0 Å². The Balaban J connectivity index is 2.52. The summed E-state index contributed by atoms with van der Waals surface area (Å²) in [6.45, 7) is 5.54. The summed E-state index contributed by atoms with van der Waals surface area (Å²) in [7, 11) is 0. The van der Waals surface area contributed by atoms with Gasteiger partial charge in [-0.25, -0.2) is 4.98 Å². The van der Waals surface area contributed by atoms with Gasteiger partial charge >= 0.3 is 0 Å². The Kier molecular flexibility index (Phi) is 1.58. The molecule has 2 heterocycles. The molecule has 0 amide bonds. The zero-order valence-corrected chi connectivity index (χ0v) is 7.37. The van der Waals surface area contributed by atoms with Crippen LogP contribution in [0.5, 0.6) is 6.01 Å². The summed E-state index contributed by atoms with van der Waals surface area (Å²) in [6.07, 6.45) is 0. The third-order valence-corrected chi connectivity index (χ3v) is 2.13. The Bertz CT molecular complexity index is 303. The molecule has 0 radical (unpaired) electrons. The molecule has 4 heteroatoms. The Morgan fingerprint density at radius 3 is 3.08 bits per heavy atom. The van der Waals surface area contributed by atoms with Crippen molar-refractivity contribution in [1.82, 2.24) is 9.55 Å². The normalized spacial score (nSPS) is 17.2. The second-order valence-corrected chi connectivity index (χ2v) is 3.15. The maximum absolute atomic E-state index is 5.82. The Hall–Kier alpha value is -1.03. The molecule has 0 spiro atoms. The van der Waals surface area contributed by atoms with Crippen LogP contribution in [-0.4, -0.2) is 16.2 Å². The molecule has 1 atom stereocenters. The number of aromatic nitrogens is 2. The highest BCUT2D eigenvalue weighted by atomic mass is 16.5. The van der Waals surface area contributed by atoms with Crippen molar-refractivity contribution >= 4 is 0 Å². The van der Waals surface area contributed by atoms with Gasteiger partial charge in [0, 0.05) is 6.04 Å². The third-order valence-electron chi connectivity index (χ3n) is 2.13. The maximum atomic E-state index is 5.82. The van der Waals surface area contributed by atoms with Crippen LogP contribution in [0.2, 0.25) is 0 Å². The van der Waals surface area contributed by atoms with Crippen molar-refractivity contribution < 1.29 is 4.74 Å². The van der Waals surface area contributed by atoms with Gasteiger partial charge in [-0.1, -0.05) is 0 Å². The predicted molar refractivity (Wildman–Crippen MR) is 45.1 cm³/mol. The lowest BCUT2D eigenvalue weighted by molar-refractivity contribution is 0.344. The van der Waals surface area contributed by atoms with E-state index in [0.29, 0.717) is 0 Å². The summed E-state index contributed by atoms with van der Waals surface area (Å²) in [5.74, 6) is 0. The third kappa shape index (κ3) is 0.914. The number of imidazole rings is 1. The summed E-state index contributed by atoms with van der Waals surface area (Å²) < 4.78 is 7.36. The number of ether oxygens (including phenoxy) is 1. The maximum Gasteiger partial charge on any atom is 0.296 e. The zero-order chi connectivity index (χ0) is 8.72. The minimum atomic E-state index is 0.0351. The Labute approximate surface area is 71.3 Å². The van der Waals surface area contributed by atoms with Crippen LogP contribution in [0.1, 0.15) is 24.4 Å². The van der Waals surface area contributed by atoms with E-state index in [1.165, 1.54) is 0 Å². The van der Waals surface area contributed by atoms with Crippen LogP contribution in [-0.2, 0) is 6.54 Å². The van der Waals surface area contributed by atoms with Crippen molar-refractivity contribution in [3.8, 4) is 6.01 Å². The van der Waals surface area contributed by atoms with Crippen molar-refractivity contribution in [3.63, 3.8) is 0 Å². The van der Waals surface area contributed by atoms with Crippen LogP contribution in [0.3, 0.4) is 0 Å². The number of hydrogen-bond acceptors (Lipinski definition) is 3. The largest absolute Gasteiger partial charge is 0.463 e. The van der Waals surface area contributed by atoms with Crippen LogP contribution in [0, 0.1) is 6.92 Å². The van der Waals surface area contributed by atoms with E-state index in [1.807, 2.05) is 13.8 Å². The topological polar surface area (TPSA) is 53.1 Å². The molecule has 0 saturated heterocycles. The van der Waals surface area contributed by atoms with Crippen LogP contribution < -0.4 is 10.5 Å². The molecule has 12 heavy (non-hydrogen) atoms. The van der Waals surface area contributed by atoms with E-state index >= 15 is 0 Å². The summed E-state index contributed by atoms with van der Waals surface area (Å²) in [5.41, 5.74) is 7.90. The molecule has 0 aromatic carbocycles. The SMILES string of the molecule is Cc1nc2n(c1C(C)N)CCO2. The first-order chi connectivity index (χ1) is 5.70. The molecular weight excluding hydrogens is 154 g/mol. The minimum absolute atomic E-state index is 0.0351. The van der Waals surface area contributed by atoms with Crippen molar-refractivity contribution in [2.45, 2.75) is 26.4 Å².